The standard InChI is InChI=1S/C13H16N2O3/c1-2-13(12(17)18)5-8-15(9-13)11(16)10-3-6-14-7-4-10/h3-4,6-7H,2,5,8-9H2,1H3,(H,17,18). The molecular formula is C13H16N2O3. The molecule has 1 unspecified atom stereocenters. The molecule has 2 rings (SSSR count). The molecule has 5 heteroatoms. The Morgan fingerprint density at radius 3 is 2.61 bits per heavy atom. The number of nitrogens with zero attached hydrogens (tertiary/aromatic N) is 2. The maximum absolute atomic E-state index is 12.2. The van der Waals surface area contributed by atoms with E-state index in [1.807, 2.05) is 6.92 Å². The number of likely N-dealkylation sites (tertiary alicyclic amines) is 1. The summed E-state index contributed by atoms with van der Waals surface area (Å²) in [5, 5.41) is 9.29. The number of carbonyl (C=O) groups excluding carboxylic acids is 1. The van der Waals surface area contributed by atoms with Crippen molar-refractivity contribution in [1.29, 1.82) is 0 Å². The largest absolute Gasteiger partial charge is 0.481 e. The lowest BCUT2D eigenvalue weighted by Gasteiger charge is -2.23. The van der Waals surface area contributed by atoms with Crippen LogP contribution in [0.5, 0.6) is 0 Å². The molecule has 1 amide bonds. The van der Waals surface area contributed by atoms with Crippen molar-refractivity contribution in [2.24, 2.45) is 5.41 Å². The normalized spacial score (nSPS) is 23.1. The Kier molecular flexibility index (Phi) is 3.32. The van der Waals surface area contributed by atoms with Gasteiger partial charge in [0, 0.05) is 31.0 Å². The summed E-state index contributed by atoms with van der Waals surface area (Å²) in [6, 6.07) is 3.30. The van der Waals surface area contributed by atoms with Gasteiger partial charge in [-0.1, -0.05) is 6.92 Å². The van der Waals surface area contributed by atoms with Gasteiger partial charge in [0.05, 0.1) is 5.41 Å². The van der Waals surface area contributed by atoms with E-state index in [0.717, 1.165) is 0 Å². The molecule has 2 heterocycles. The van der Waals surface area contributed by atoms with Crippen LogP contribution in [0.3, 0.4) is 0 Å². The molecule has 0 aromatic carbocycles. The maximum Gasteiger partial charge on any atom is 0.311 e. The highest BCUT2D eigenvalue weighted by Crippen LogP contribution is 2.34. The number of carboxylic acid groups (broad SMARTS) is 1. The number of amides is 1. The van der Waals surface area contributed by atoms with Crippen LogP contribution >= 0.6 is 0 Å². The molecule has 1 N–H and O–H groups in total. The molecule has 1 aliphatic heterocycles. The molecular weight excluding hydrogens is 232 g/mol. The molecule has 0 radical (unpaired) electrons. The van der Waals surface area contributed by atoms with Crippen LogP contribution in [0.1, 0.15) is 30.1 Å². The third kappa shape index (κ3) is 2.08. The van der Waals surface area contributed by atoms with Gasteiger partial charge < -0.3 is 10.0 Å². The monoisotopic (exact) mass is 248 g/mol. The van der Waals surface area contributed by atoms with Gasteiger partial charge in [-0.15, -0.1) is 0 Å². The van der Waals surface area contributed by atoms with Crippen LogP contribution in [0.2, 0.25) is 0 Å². The molecule has 5 nitrogen and oxygen atoms in total. The Labute approximate surface area is 105 Å². The molecule has 0 spiro atoms. The van der Waals surface area contributed by atoms with Crippen LogP contribution in [0.25, 0.3) is 0 Å². The van der Waals surface area contributed by atoms with E-state index in [4.69, 9.17) is 0 Å². The lowest BCUT2D eigenvalue weighted by Crippen LogP contribution is -2.36. The zero-order valence-electron chi connectivity index (χ0n) is 10.3. The Morgan fingerprint density at radius 1 is 1.44 bits per heavy atom. The first-order valence-corrected chi connectivity index (χ1v) is 6.02. The first-order chi connectivity index (χ1) is 8.59. The van der Waals surface area contributed by atoms with Gasteiger partial charge in [-0.25, -0.2) is 0 Å². The summed E-state index contributed by atoms with van der Waals surface area (Å²) in [5.74, 6) is -0.927. The van der Waals surface area contributed by atoms with Gasteiger partial charge in [0.25, 0.3) is 5.91 Å². The van der Waals surface area contributed by atoms with Crippen LogP contribution in [0.4, 0.5) is 0 Å². The van der Waals surface area contributed by atoms with Crippen molar-refractivity contribution in [3.8, 4) is 0 Å². The smallest absolute Gasteiger partial charge is 0.311 e. The fraction of sp³-hybridized carbons (Fsp3) is 0.462. The van der Waals surface area contributed by atoms with E-state index in [9.17, 15) is 14.7 Å². The summed E-state index contributed by atoms with van der Waals surface area (Å²) in [4.78, 5) is 29.0. The molecule has 1 fully saturated rings. The Balaban J connectivity index is 2.14. The minimum absolute atomic E-state index is 0.117. The Bertz CT molecular complexity index is 461. The fourth-order valence-electron chi connectivity index (χ4n) is 2.34. The third-order valence-electron chi connectivity index (χ3n) is 3.70. The average Bonchev–Trinajstić information content (AvgIpc) is 2.84. The van der Waals surface area contributed by atoms with Gasteiger partial charge in [0.15, 0.2) is 0 Å². The molecule has 1 aliphatic rings. The second kappa shape index (κ2) is 4.76. The summed E-state index contributed by atoms with van der Waals surface area (Å²) < 4.78 is 0. The summed E-state index contributed by atoms with van der Waals surface area (Å²) in [6.45, 7) is 2.65. The van der Waals surface area contributed by atoms with Gasteiger partial charge >= 0.3 is 5.97 Å². The molecule has 0 bridgehead atoms. The van der Waals surface area contributed by atoms with Gasteiger partial charge in [-0.3, -0.25) is 14.6 Å². The lowest BCUT2D eigenvalue weighted by molar-refractivity contribution is -0.148. The fourth-order valence-corrected chi connectivity index (χ4v) is 2.34. The van der Waals surface area contributed by atoms with Crippen molar-refractivity contribution in [2.45, 2.75) is 19.8 Å². The number of hydrogen-bond acceptors (Lipinski definition) is 3. The van der Waals surface area contributed by atoms with Gasteiger partial charge in [-0.2, -0.15) is 0 Å². The second-order valence-corrected chi connectivity index (χ2v) is 4.65. The number of carboxylic acids is 1. The predicted molar refractivity (Wildman–Crippen MR) is 65.1 cm³/mol. The van der Waals surface area contributed by atoms with E-state index in [-0.39, 0.29) is 5.91 Å². The number of pyridine rings is 1. The van der Waals surface area contributed by atoms with Gasteiger partial charge in [-0.05, 0) is 25.0 Å². The van der Waals surface area contributed by atoms with Crippen LogP contribution in [-0.2, 0) is 4.79 Å². The molecule has 1 aromatic heterocycles. The van der Waals surface area contributed by atoms with Crippen LogP contribution < -0.4 is 0 Å². The summed E-state index contributed by atoms with van der Waals surface area (Å²) in [5.41, 5.74) is -0.217. The highest BCUT2D eigenvalue weighted by molar-refractivity contribution is 5.94. The first kappa shape index (κ1) is 12.5. The minimum atomic E-state index is -0.810. The maximum atomic E-state index is 12.2. The summed E-state index contributed by atoms with van der Waals surface area (Å²) >= 11 is 0. The molecule has 96 valence electrons. The van der Waals surface area contributed by atoms with Crippen LogP contribution in [0.15, 0.2) is 24.5 Å². The van der Waals surface area contributed by atoms with Crippen molar-refractivity contribution in [3.05, 3.63) is 30.1 Å². The van der Waals surface area contributed by atoms with E-state index in [1.165, 1.54) is 0 Å². The van der Waals surface area contributed by atoms with Crippen molar-refractivity contribution in [1.82, 2.24) is 9.88 Å². The predicted octanol–water partition coefficient (Wildman–Crippen LogP) is 1.41. The van der Waals surface area contributed by atoms with E-state index < -0.39 is 11.4 Å². The molecule has 0 aliphatic carbocycles. The number of aliphatic carboxylic acids is 1. The van der Waals surface area contributed by atoms with E-state index in [1.54, 1.807) is 29.4 Å². The third-order valence-corrected chi connectivity index (χ3v) is 3.70. The van der Waals surface area contributed by atoms with E-state index in [2.05, 4.69) is 4.98 Å². The zero-order valence-corrected chi connectivity index (χ0v) is 10.3. The second-order valence-electron chi connectivity index (χ2n) is 4.65. The van der Waals surface area contributed by atoms with Crippen LogP contribution in [-0.4, -0.2) is 40.0 Å². The highest BCUT2D eigenvalue weighted by atomic mass is 16.4. The molecule has 1 atom stereocenters. The molecule has 1 saturated heterocycles. The molecule has 1 aromatic rings. The number of carbonyl (C=O) groups is 2. The summed E-state index contributed by atoms with van der Waals surface area (Å²) in [6.07, 6.45) is 4.19. The SMILES string of the molecule is CCC1(C(=O)O)CCN(C(=O)c2ccncc2)C1. The lowest BCUT2D eigenvalue weighted by atomic mass is 9.84. The number of rotatable bonds is 3. The number of hydrogen-bond donors (Lipinski definition) is 1. The Morgan fingerprint density at radius 2 is 2.11 bits per heavy atom. The number of aromatic nitrogens is 1. The topological polar surface area (TPSA) is 70.5 Å². The van der Waals surface area contributed by atoms with Gasteiger partial charge in [0.1, 0.15) is 0 Å². The molecule has 18 heavy (non-hydrogen) atoms. The first-order valence-electron chi connectivity index (χ1n) is 6.02. The molecule has 0 saturated carbocycles. The van der Waals surface area contributed by atoms with Crippen molar-refractivity contribution >= 4 is 11.9 Å². The van der Waals surface area contributed by atoms with Crippen molar-refractivity contribution in [3.63, 3.8) is 0 Å². The van der Waals surface area contributed by atoms with E-state index >= 15 is 0 Å². The quantitative estimate of drug-likeness (QED) is 0.878. The van der Waals surface area contributed by atoms with E-state index in [0.29, 0.717) is 31.5 Å². The van der Waals surface area contributed by atoms with Crippen molar-refractivity contribution in [2.75, 3.05) is 13.1 Å². The highest BCUT2D eigenvalue weighted by Gasteiger charge is 2.44. The Hall–Kier alpha value is -1.91. The van der Waals surface area contributed by atoms with Gasteiger partial charge in [0.2, 0.25) is 0 Å². The summed E-state index contributed by atoms with van der Waals surface area (Å²) in [7, 11) is 0. The van der Waals surface area contributed by atoms with Crippen molar-refractivity contribution < 1.29 is 14.7 Å². The zero-order chi connectivity index (χ0) is 13.2. The average molecular weight is 248 g/mol. The minimum Gasteiger partial charge on any atom is -0.481 e. The van der Waals surface area contributed by atoms with Crippen LogP contribution in [0, 0.1) is 5.41 Å².